The second-order valence-electron chi connectivity index (χ2n) is 8.53. The number of fused-ring (bicyclic) bond motifs is 1. The van der Waals surface area contributed by atoms with Gasteiger partial charge in [-0.1, -0.05) is 76.6 Å². The number of benzene rings is 3. The average Bonchev–Trinajstić information content (AvgIpc) is 3.41. The molecule has 0 bridgehead atoms. The molecule has 0 radical (unpaired) electrons. The van der Waals surface area contributed by atoms with Crippen molar-refractivity contribution in [1.29, 1.82) is 0 Å². The molecule has 5 rings (SSSR count). The second kappa shape index (κ2) is 9.99. The topological polar surface area (TPSA) is 59.1 Å². The van der Waals surface area contributed by atoms with Gasteiger partial charge in [-0.05, 0) is 35.2 Å². The summed E-state index contributed by atoms with van der Waals surface area (Å²) >= 11 is 3.57. The molecule has 2 aliphatic heterocycles. The Morgan fingerprint density at radius 2 is 1.47 bits per heavy atom. The van der Waals surface area contributed by atoms with E-state index in [4.69, 9.17) is 9.47 Å². The third kappa shape index (κ3) is 4.86. The zero-order chi connectivity index (χ0) is 23.5. The first-order valence-corrected chi connectivity index (χ1v) is 12.1. The molecule has 0 unspecified atom stereocenters. The average molecular weight is 521 g/mol. The molecule has 174 valence electrons. The lowest BCUT2D eigenvalue weighted by atomic mass is 10.1. The van der Waals surface area contributed by atoms with E-state index in [1.807, 2.05) is 72.8 Å². The Morgan fingerprint density at radius 3 is 2.09 bits per heavy atom. The number of amides is 2. The van der Waals surface area contributed by atoms with Crippen LogP contribution in [0.5, 0.6) is 11.5 Å². The van der Waals surface area contributed by atoms with Gasteiger partial charge in [-0.2, -0.15) is 0 Å². The summed E-state index contributed by atoms with van der Waals surface area (Å²) in [5.41, 5.74) is 3.20. The molecule has 7 heteroatoms. The number of nitrogens with zero attached hydrogens (tertiary/aromatic N) is 2. The van der Waals surface area contributed by atoms with Gasteiger partial charge < -0.3 is 9.47 Å². The van der Waals surface area contributed by atoms with E-state index in [1.165, 1.54) is 4.90 Å². The van der Waals surface area contributed by atoms with Crippen LogP contribution >= 0.6 is 15.9 Å². The van der Waals surface area contributed by atoms with Crippen LogP contribution in [0.1, 0.15) is 23.1 Å². The molecule has 6 nitrogen and oxygen atoms in total. The summed E-state index contributed by atoms with van der Waals surface area (Å²) in [7, 11) is 0. The van der Waals surface area contributed by atoms with Crippen LogP contribution in [-0.2, 0) is 29.1 Å². The Labute approximate surface area is 207 Å². The van der Waals surface area contributed by atoms with Gasteiger partial charge in [-0.15, -0.1) is 0 Å². The highest BCUT2D eigenvalue weighted by atomic mass is 79.9. The van der Waals surface area contributed by atoms with Crippen molar-refractivity contribution in [3.8, 4) is 11.5 Å². The van der Waals surface area contributed by atoms with Gasteiger partial charge in [-0.3, -0.25) is 19.4 Å². The third-order valence-corrected chi connectivity index (χ3v) is 7.00. The molecule has 1 atom stereocenters. The van der Waals surface area contributed by atoms with Crippen LogP contribution in [0.2, 0.25) is 0 Å². The molecule has 0 saturated carbocycles. The smallest absolute Gasteiger partial charge is 0.247 e. The first-order valence-electron chi connectivity index (χ1n) is 11.3. The van der Waals surface area contributed by atoms with Crippen molar-refractivity contribution in [2.75, 3.05) is 13.3 Å². The third-order valence-electron chi connectivity index (χ3n) is 6.26. The van der Waals surface area contributed by atoms with Crippen molar-refractivity contribution in [3.63, 3.8) is 0 Å². The van der Waals surface area contributed by atoms with Crippen molar-refractivity contribution >= 4 is 27.7 Å². The predicted molar refractivity (Wildman–Crippen MR) is 131 cm³/mol. The van der Waals surface area contributed by atoms with E-state index in [1.54, 1.807) is 0 Å². The zero-order valence-corrected chi connectivity index (χ0v) is 20.2. The van der Waals surface area contributed by atoms with Crippen LogP contribution in [0.4, 0.5) is 0 Å². The van der Waals surface area contributed by atoms with Gasteiger partial charge in [-0.25, -0.2) is 0 Å². The number of carbonyl (C=O) groups excluding carboxylic acids is 2. The van der Waals surface area contributed by atoms with E-state index in [2.05, 4.69) is 20.8 Å². The highest BCUT2D eigenvalue weighted by Gasteiger charge is 2.41. The van der Waals surface area contributed by atoms with Gasteiger partial charge in [0.05, 0.1) is 12.5 Å². The van der Waals surface area contributed by atoms with Gasteiger partial charge in [0.1, 0.15) is 0 Å². The van der Waals surface area contributed by atoms with Crippen LogP contribution in [0.15, 0.2) is 77.3 Å². The normalized spacial score (nSPS) is 17.1. The molecule has 1 saturated heterocycles. The van der Waals surface area contributed by atoms with E-state index < -0.39 is 6.04 Å². The van der Waals surface area contributed by atoms with Gasteiger partial charge >= 0.3 is 0 Å². The molecule has 34 heavy (non-hydrogen) atoms. The van der Waals surface area contributed by atoms with Crippen LogP contribution < -0.4 is 9.47 Å². The number of imide groups is 1. The standard InChI is InChI=1S/C27H25BrN2O4/c28-22-14-25-24(33-18-34-25)13-21(22)11-12-30-26(31)15-23(27(30)32)29(16-19-7-3-1-4-8-19)17-20-9-5-2-6-10-20/h1-10,13-14,23H,11-12,15-18H2/t23-/m0/s1. The van der Waals surface area contributed by atoms with Crippen molar-refractivity contribution in [3.05, 3.63) is 94.0 Å². The molecule has 2 amide bonds. The fraction of sp³-hybridized carbons (Fsp3) is 0.259. The second-order valence-corrected chi connectivity index (χ2v) is 9.38. The number of likely N-dealkylation sites (tertiary alicyclic amines) is 1. The fourth-order valence-electron chi connectivity index (χ4n) is 4.48. The van der Waals surface area contributed by atoms with Crippen molar-refractivity contribution in [2.45, 2.75) is 32.0 Å². The Balaban J connectivity index is 1.32. The summed E-state index contributed by atoms with van der Waals surface area (Å²) in [5, 5.41) is 0. The summed E-state index contributed by atoms with van der Waals surface area (Å²) < 4.78 is 11.8. The van der Waals surface area contributed by atoms with Crippen LogP contribution in [-0.4, -0.2) is 41.0 Å². The number of hydrogen-bond donors (Lipinski definition) is 0. The highest BCUT2D eigenvalue weighted by Crippen LogP contribution is 2.37. The number of ether oxygens (including phenoxy) is 2. The first-order chi connectivity index (χ1) is 16.6. The molecule has 3 aromatic rings. The molecule has 0 N–H and O–H groups in total. The van der Waals surface area contributed by atoms with E-state index in [0.717, 1.165) is 21.2 Å². The minimum absolute atomic E-state index is 0.127. The Morgan fingerprint density at radius 1 is 0.882 bits per heavy atom. The monoisotopic (exact) mass is 520 g/mol. The maximum atomic E-state index is 13.4. The van der Waals surface area contributed by atoms with Crippen LogP contribution in [0.25, 0.3) is 0 Å². The van der Waals surface area contributed by atoms with Crippen LogP contribution in [0.3, 0.4) is 0 Å². The lowest BCUT2D eigenvalue weighted by molar-refractivity contribution is -0.139. The molecule has 0 aliphatic carbocycles. The SMILES string of the molecule is O=C1C[C@H](N(Cc2ccccc2)Cc2ccccc2)C(=O)N1CCc1cc2c(cc1Br)OCO2. The number of rotatable bonds is 8. The van der Waals surface area contributed by atoms with Crippen molar-refractivity contribution in [2.24, 2.45) is 0 Å². The molecule has 3 aromatic carbocycles. The summed E-state index contributed by atoms with van der Waals surface area (Å²) in [6.45, 7) is 1.73. The minimum Gasteiger partial charge on any atom is -0.454 e. The van der Waals surface area contributed by atoms with Gasteiger partial charge in [0.25, 0.3) is 0 Å². The van der Waals surface area contributed by atoms with E-state index in [0.29, 0.717) is 37.6 Å². The van der Waals surface area contributed by atoms with Crippen LogP contribution in [0, 0.1) is 0 Å². The minimum atomic E-state index is -0.479. The largest absolute Gasteiger partial charge is 0.454 e. The summed E-state index contributed by atoms with van der Waals surface area (Å²) in [6.07, 6.45) is 0.736. The molecule has 2 heterocycles. The molecule has 2 aliphatic rings. The van der Waals surface area contributed by atoms with E-state index in [-0.39, 0.29) is 25.0 Å². The number of hydrogen-bond acceptors (Lipinski definition) is 5. The highest BCUT2D eigenvalue weighted by molar-refractivity contribution is 9.10. The molecule has 1 fully saturated rings. The lowest BCUT2D eigenvalue weighted by Gasteiger charge is -2.27. The van der Waals surface area contributed by atoms with Crippen molar-refractivity contribution < 1.29 is 19.1 Å². The van der Waals surface area contributed by atoms with Crippen molar-refractivity contribution in [1.82, 2.24) is 9.80 Å². The quantitative estimate of drug-likeness (QED) is 0.408. The predicted octanol–water partition coefficient (Wildman–Crippen LogP) is 4.55. The molecular weight excluding hydrogens is 496 g/mol. The molecular formula is C27H25BrN2O4. The maximum Gasteiger partial charge on any atom is 0.247 e. The maximum absolute atomic E-state index is 13.4. The van der Waals surface area contributed by atoms with Gasteiger partial charge in [0.15, 0.2) is 11.5 Å². The Kier molecular flexibility index (Phi) is 6.65. The number of halogens is 1. The summed E-state index contributed by atoms with van der Waals surface area (Å²) in [6, 6.07) is 23.4. The Hall–Kier alpha value is -3.16. The number of carbonyl (C=O) groups is 2. The first kappa shape index (κ1) is 22.6. The molecule has 0 spiro atoms. The van der Waals surface area contributed by atoms with E-state index >= 15 is 0 Å². The van der Waals surface area contributed by atoms with Gasteiger partial charge in [0.2, 0.25) is 18.6 Å². The Bertz CT molecular complexity index is 1140. The fourth-order valence-corrected chi connectivity index (χ4v) is 5.00. The lowest BCUT2D eigenvalue weighted by Crippen LogP contribution is -2.42. The molecule has 0 aromatic heterocycles. The summed E-state index contributed by atoms with van der Waals surface area (Å²) in [4.78, 5) is 29.9. The van der Waals surface area contributed by atoms with E-state index in [9.17, 15) is 9.59 Å². The zero-order valence-electron chi connectivity index (χ0n) is 18.7. The van der Waals surface area contributed by atoms with Gasteiger partial charge in [0, 0.05) is 24.1 Å². The summed E-state index contributed by atoms with van der Waals surface area (Å²) in [5.74, 6) is 1.13.